The lowest BCUT2D eigenvalue weighted by atomic mass is 9.88. The molecule has 11 nitrogen and oxygen atoms in total. The van der Waals surface area contributed by atoms with Gasteiger partial charge >= 0.3 is 0 Å². The summed E-state index contributed by atoms with van der Waals surface area (Å²) in [6.45, 7) is 10.3. The van der Waals surface area contributed by atoms with Gasteiger partial charge in [0.2, 0.25) is 17.8 Å². The molecule has 1 aliphatic rings. The van der Waals surface area contributed by atoms with Gasteiger partial charge in [0.25, 0.3) is 10.0 Å². The average molecular weight is 753 g/mol. The minimum Gasteiger partial charge on any atom is -0.487 e. The lowest BCUT2D eigenvalue weighted by molar-refractivity contribution is -0.129. The molecule has 1 heterocycles. The first-order valence-corrected chi connectivity index (χ1v) is 19.8. The van der Waals surface area contributed by atoms with Crippen LogP contribution in [0.3, 0.4) is 0 Å². The zero-order valence-electron chi connectivity index (χ0n) is 31.7. The largest absolute Gasteiger partial charge is 0.487 e. The van der Waals surface area contributed by atoms with Crippen LogP contribution in [0.4, 0.5) is 0 Å². The zero-order chi connectivity index (χ0) is 39.0. The molecule has 286 valence electrons. The van der Waals surface area contributed by atoms with E-state index in [1.807, 2.05) is 106 Å². The van der Waals surface area contributed by atoms with Gasteiger partial charge in [-0.25, -0.2) is 13.1 Å². The third kappa shape index (κ3) is 9.66. The number of sulfonamides is 1. The Kier molecular flexibility index (Phi) is 12.8. The summed E-state index contributed by atoms with van der Waals surface area (Å²) in [6, 6.07) is 25.5. The van der Waals surface area contributed by atoms with Crippen LogP contribution in [0.15, 0.2) is 94.8 Å². The molecule has 0 saturated heterocycles. The molecule has 7 N–H and O–H groups in total. The topological polar surface area (TPSA) is 178 Å². The van der Waals surface area contributed by atoms with Crippen LogP contribution in [0, 0.1) is 20.8 Å². The van der Waals surface area contributed by atoms with Crippen molar-refractivity contribution in [2.75, 3.05) is 6.54 Å². The summed E-state index contributed by atoms with van der Waals surface area (Å²) in [4.78, 5) is 32.1. The molecular formula is C42H52N6O5S. The summed E-state index contributed by atoms with van der Waals surface area (Å²) in [5, 5.41) is 5.95. The number of hydrogen-bond donors (Lipinski definition) is 5. The molecule has 0 bridgehead atoms. The minimum atomic E-state index is -4.08. The number of carbonyl (C=O) groups is 2. The molecular weight excluding hydrogens is 701 g/mol. The first kappa shape index (κ1) is 40.0. The van der Waals surface area contributed by atoms with Crippen molar-refractivity contribution in [2.45, 2.75) is 95.8 Å². The van der Waals surface area contributed by atoms with Gasteiger partial charge in [-0.05, 0) is 105 Å². The van der Waals surface area contributed by atoms with Crippen molar-refractivity contribution in [2.24, 2.45) is 16.5 Å². The lowest BCUT2D eigenvalue weighted by Gasteiger charge is -2.35. The number of hydrogen-bond acceptors (Lipinski definition) is 7. The van der Waals surface area contributed by atoms with Gasteiger partial charge in [0.1, 0.15) is 17.4 Å². The number of rotatable bonds is 14. The molecule has 2 amide bonds. The van der Waals surface area contributed by atoms with Crippen LogP contribution in [0.2, 0.25) is 0 Å². The maximum absolute atomic E-state index is 14.0. The number of carbonyl (C=O) groups excluding carboxylic acids is 2. The second kappa shape index (κ2) is 17.3. The predicted octanol–water partition coefficient (Wildman–Crippen LogP) is 5.18. The molecule has 4 aromatic rings. The van der Waals surface area contributed by atoms with Crippen molar-refractivity contribution in [1.82, 2.24) is 15.4 Å². The number of aliphatic imine (C=N–C) groups is 1. The number of nitrogens with two attached hydrogens (primary N) is 2. The van der Waals surface area contributed by atoms with E-state index in [4.69, 9.17) is 16.2 Å². The Balaban J connectivity index is 1.30. The molecule has 0 aromatic heterocycles. The third-order valence-electron chi connectivity index (χ3n) is 9.99. The van der Waals surface area contributed by atoms with Crippen LogP contribution in [-0.4, -0.2) is 44.4 Å². The summed E-state index contributed by atoms with van der Waals surface area (Å²) < 4.78 is 36.1. The number of amides is 2. The van der Waals surface area contributed by atoms with E-state index in [2.05, 4.69) is 20.3 Å². The predicted molar refractivity (Wildman–Crippen MR) is 213 cm³/mol. The molecule has 0 spiro atoms. The lowest BCUT2D eigenvalue weighted by Crippen LogP contribution is -2.48. The van der Waals surface area contributed by atoms with Crippen LogP contribution in [0.5, 0.6) is 5.75 Å². The monoisotopic (exact) mass is 752 g/mol. The van der Waals surface area contributed by atoms with Gasteiger partial charge in [0.05, 0.1) is 10.8 Å². The number of fused-ring (bicyclic) bond motifs is 1. The Labute approximate surface area is 319 Å². The van der Waals surface area contributed by atoms with Gasteiger partial charge in [-0.15, -0.1) is 0 Å². The van der Waals surface area contributed by atoms with E-state index in [1.165, 1.54) is 0 Å². The fraction of sp³-hybridized carbons (Fsp3) is 0.357. The van der Waals surface area contributed by atoms with Crippen molar-refractivity contribution >= 4 is 27.8 Å². The van der Waals surface area contributed by atoms with E-state index >= 15 is 0 Å². The number of ether oxygens (including phenoxy) is 1. The molecule has 12 heteroatoms. The molecule has 5 rings (SSSR count). The second-order valence-corrected chi connectivity index (χ2v) is 16.1. The van der Waals surface area contributed by atoms with Crippen LogP contribution < -0.4 is 31.6 Å². The van der Waals surface area contributed by atoms with E-state index in [-0.39, 0.29) is 47.8 Å². The fourth-order valence-electron chi connectivity index (χ4n) is 6.88. The van der Waals surface area contributed by atoms with E-state index in [0.29, 0.717) is 30.5 Å². The Morgan fingerprint density at radius 3 is 2.04 bits per heavy atom. The smallest absolute Gasteiger partial charge is 0.264 e. The average Bonchev–Trinajstić information content (AvgIpc) is 3.14. The van der Waals surface area contributed by atoms with Crippen molar-refractivity contribution in [3.63, 3.8) is 0 Å². The molecule has 0 saturated carbocycles. The van der Waals surface area contributed by atoms with E-state index in [0.717, 1.165) is 45.6 Å². The normalized spacial score (nSPS) is 14.5. The van der Waals surface area contributed by atoms with Crippen LogP contribution in [-0.2, 0) is 39.1 Å². The highest BCUT2D eigenvalue weighted by molar-refractivity contribution is 7.90. The molecule has 0 aliphatic carbocycles. The van der Waals surface area contributed by atoms with Crippen molar-refractivity contribution in [3.05, 3.63) is 129 Å². The minimum absolute atomic E-state index is 0.111. The molecule has 0 unspecified atom stereocenters. The quantitative estimate of drug-likeness (QED) is 0.0669. The Morgan fingerprint density at radius 2 is 1.44 bits per heavy atom. The molecule has 1 atom stereocenters. The first-order chi connectivity index (χ1) is 25.7. The highest BCUT2D eigenvalue weighted by Gasteiger charge is 2.34. The molecule has 54 heavy (non-hydrogen) atoms. The summed E-state index contributed by atoms with van der Waals surface area (Å²) in [7, 11) is -4.08. The molecule has 4 aromatic carbocycles. The Bertz CT molecular complexity index is 2050. The van der Waals surface area contributed by atoms with E-state index < -0.39 is 22.0 Å². The fourth-order valence-corrected chi connectivity index (χ4v) is 8.41. The van der Waals surface area contributed by atoms with E-state index in [9.17, 15) is 18.0 Å². The summed E-state index contributed by atoms with van der Waals surface area (Å²) in [5.74, 6) is -0.844. The number of nitrogens with zero attached hydrogens (tertiary/aromatic N) is 1. The third-order valence-corrected chi connectivity index (χ3v) is 11.6. The molecule has 1 aliphatic heterocycles. The number of guanidine groups is 1. The first-order valence-electron chi connectivity index (χ1n) is 18.3. The summed E-state index contributed by atoms with van der Waals surface area (Å²) in [5.41, 5.74) is 17.9. The van der Waals surface area contributed by atoms with Crippen LogP contribution in [0.1, 0.15) is 83.5 Å². The Hall–Kier alpha value is -5.20. The SMILES string of the molecule is Cc1c(C)c(S(=O)(=O)NC(N)=NCCC[C@@H](NC(=O)C(c2ccccc2)c2ccccc2)C(=O)NCc2ccc(CN)cc2)c(C)c2c1OC(C)(C)CC2. The summed E-state index contributed by atoms with van der Waals surface area (Å²) in [6.07, 6.45) is 2.02. The highest BCUT2D eigenvalue weighted by atomic mass is 32.2. The number of nitrogens with one attached hydrogen (secondary N) is 3. The van der Waals surface area contributed by atoms with Gasteiger partial charge in [-0.1, -0.05) is 84.9 Å². The molecule has 0 radical (unpaired) electrons. The summed E-state index contributed by atoms with van der Waals surface area (Å²) >= 11 is 0. The second-order valence-electron chi connectivity index (χ2n) is 14.4. The maximum atomic E-state index is 14.0. The van der Waals surface area contributed by atoms with Crippen LogP contribution >= 0.6 is 0 Å². The van der Waals surface area contributed by atoms with Gasteiger partial charge in [0, 0.05) is 19.6 Å². The molecule has 0 fully saturated rings. The zero-order valence-corrected chi connectivity index (χ0v) is 32.6. The van der Waals surface area contributed by atoms with Gasteiger partial charge in [-0.2, -0.15) is 0 Å². The van der Waals surface area contributed by atoms with Crippen molar-refractivity contribution in [1.29, 1.82) is 0 Å². The van der Waals surface area contributed by atoms with Crippen LogP contribution in [0.25, 0.3) is 0 Å². The van der Waals surface area contributed by atoms with E-state index in [1.54, 1.807) is 13.8 Å². The van der Waals surface area contributed by atoms with Gasteiger partial charge in [0.15, 0.2) is 0 Å². The standard InChI is InChI=1S/C42H52N6O5S/c1-27-28(2)38(29(3)34-22-23-42(4,5)53-37(27)34)54(51,52)48-41(44)45-24-12-17-35(39(49)46-26-31-20-18-30(25-43)19-21-31)47-40(50)36(32-13-8-6-9-14-32)33-15-10-7-11-16-33/h6-11,13-16,18-21,35-36H,12,17,22-26,43H2,1-5H3,(H,46,49)(H,47,50)(H3,44,45,48)/t35-/m1/s1. The highest BCUT2D eigenvalue weighted by Crippen LogP contribution is 2.42. The van der Waals surface area contributed by atoms with Crippen molar-refractivity contribution < 1.29 is 22.7 Å². The van der Waals surface area contributed by atoms with Gasteiger partial charge < -0.3 is 26.8 Å². The Morgan fingerprint density at radius 1 is 0.852 bits per heavy atom. The number of benzene rings is 4. The van der Waals surface area contributed by atoms with Gasteiger partial charge in [-0.3, -0.25) is 14.6 Å². The van der Waals surface area contributed by atoms with Crippen molar-refractivity contribution in [3.8, 4) is 5.75 Å². The maximum Gasteiger partial charge on any atom is 0.264 e.